The SMILES string of the molecule is CCC1CCC(N)(c2ccc(C)cc2)C1. The monoisotopic (exact) mass is 203 g/mol. The number of benzene rings is 1. The average molecular weight is 203 g/mol. The van der Waals surface area contributed by atoms with Crippen molar-refractivity contribution in [2.24, 2.45) is 11.7 Å². The van der Waals surface area contributed by atoms with Crippen molar-refractivity contribution in [3.8, 4) is 0 Å². The van der Waals surface area contributed by atoms with Crippen molar-refractivity contribution in [2.45, 2.75) is 45.1 Å². The van der Waals surface area contributed by atoms with Gasteiger partial charge in [-0.05, 0) is 37.7 Å². The highest BCUT2D eigenvalue weighted by atomic mass is 14.8. The summed E-state index contributed by atoms with van der Waals surface area (Å²) in [5, 5.41) is 0. The predicted octanol–water partition coefficient (Wildman–Crippen LogP) is 3.36. The van der Waals surface area contributed by atoms with Crippen LogP contribution in [0.15, 0.2) is 24.3 Å². The van der Waals surface area contributed by atoms with E-state index >= 15 is 0 Å². The Hall–Kier alpha value is -0.820. The van der Waals surface area contributed by atoms with Crippen molar-refractivity contribution < 1.29 is 0 Å². The molecule has 1 fully saturated rings. The van der Waals surface area contributed by atoms with E-state index in [-0.39, 0.29) is 5.54 Å². The zero-order valence-electron chi connectivity index (χ0n) is 9.79. The first-order chi connectivity index (χ1) is 7.14. The summed E-state index contributed by atoms with van der Waals surface area (Å²) in [4.78, 5) is 0. The van der Waals surface area contributed by atoms with E-state index in [1.54, 1.807) is 0 Å². The molecule has 0 amide bonds. The number of hydrogen-bond acceptors (Lipinski definition) is 1. The Morgan fingerprint density at radius 3 is 2.53 bits per heavy atom. The summed E-state index contributed by atoms with van der Waals surface area (Å²) in [5.41, 5.74) is 9.08. The largest absolute Gasteiger partial charge is 0.321 e. The summed E-state index contributed by atoms with van der Waals surface area (Å²) >= 11 is 0. The van der Waals surface area contributed by atoms with Gasteiger partial charge in [0.15, 0.2) is 0 Å². The van der Waals surface area contributed by atoms with Crippen LogP contribution in [0, 0.1) is 12.8 Å². The van der Waals surface area contributed by atoms with Gasteiger partial charge in [-0.3, -0.25) is 0 Å². The molecule has 1 aromatic rings. The molecular weight excluding hydrogens is 182 g/mol. The highest BCUT2D eigenvalue weighted by molar-refractivity contribution is 5.28. The minimum Gasteiger partial charge on any atom is -0.321 e. The topological polar surface area (TPSA) is 26.0 Å². The highest BCUT2D eigenvalue weighted by Crippen LogP contribution is 2.41. The third-order valence-electron chi connectivity index (χ3n) is 3.86. The van der Waals surface area contributed by atoms with Crippen LogP contribution in [0.2, 0.25) is 0 Å². The Balaban J connectivity index is 2.20. The Kier molecular flexibility index (Phi) is 2.83. The molecular formula is C14H21N. The van der Waals surface area contributed by atoms with E-state index < -0.39 is 0 Å². The second-order valence-electron chi connectivity index (χ2n) is 5.04. The van der Waals surface area contributed by atoms with E-state index in [2.05, 4.69) is 38.1 Å². The number of aryl methyl sites for hydroxylation is 1. The van der Waals surface area contributed by atoms with E-state index in [0.29, 0.717) is 0 Å². The molecule has 1 heteroatoms. The highest BCUT2D eigenvalue weighted by Gasteiger charge is 2.35. The Labute approximate surface area is 92.7 Å². The lowest BCUT2D eigenvalue weighted by Crippen LogP contribution is -2.33. The van der Waals surface area contributed by atoms with Crippen LogP contribution in [0.1, 0.15) is 43.7 Å². The van der Waals surface area contributed by atoms with Crippen LogP contribution in [-0.2, 0) is 5.54 Å². The van der Waals surface area contributed by atoms with Crippen molar-refractivity contribution in [3.63, 3.8) is 0 Å². The molecule has 0 radical (unpaired) electrons. The van der Waals surface area contributed by atoms with Crippen molar-refractivity contribution in [3.05, 3.63) is 35.4 Å². The molecule has 2 N–H and O–H groups in total. The molecule has 0 aromatic heterocycles. The van der Waals surface area contributed by atoms with Crippen LogP contribution >= 0.6 is 0 Å². The summed E-state index contributed by atoms with van der Waals surface area (Å²) in [7, 11) is 0. The molecule has 1 aliphatic carbocycles. The number of nitrogens with two attached hydrogens (primary N) is 1. The van der Waals surface area contributed by atoms with Crippen LogP contribution in [0.3, 0.4) is 0 Å². The van der Waals surface area contributed by atoms with Gasteiger partial charge < -0.3 is 5.73 Å². The standard InChI is InChI=1S/C14H21N/c1-3-12-8-9-14(15,10-12)13-6-4-11(2)5-7-13/h4-7,12H,3,8-10,15H2,1-2H3. The van der Waals surface area contributed by atoms with Gasteiger partial charge in [0.25, 0.3) is 0 Å². The Morgan fingerprint density at radius 1 is 1.33 bits per heavy atom. The van der Waals surface area contributed by atoms with Gasteiger partial charge in [0, 0.05) is 5.54 Å². The minimum atomic E-state index is -0.0472. The lowest BCUT2D eigenvalue weighted by molar-refractivity contribution is 0.424. The maximum Gasteiger partial charge on any atom is 0.0412 e. The fourth-order valence-corrected chi connectivity index (χ4v) is 2.68. The van der Waals surface area contributed by atoms with Gasteiger partial charge in [0.2, 0.25) is 0 Å². The lowest BCUT2D eigenvalue weighted by Gasteiger charge is -2.25. The van der Waals surface area contributed by atoms with E-state index in [1.165, 1.54) is 24.0 Å². The molecule has 1 aromatic carbocycles. The normalized spacial score (nSPS) is 30.7. The second-order valence-corrected chi connectivity index (χ2v) is 5.04. The molecule has 0 bridgehead atoms. The van der Waals surface area contributed by atoms with Gasteiger partial charge in [-0.1, -0.05) is 43.2 Å². The lowest BCUT2D eigenvalue weighted by atomic mass is 9.87. The molecule has 0 heterocycles. The first-order valence-corrected chi connectivity index (χ1v) is 6.00. The predicted molar refractivity (Wildman–Crippen MR) is 64.7 cm³/mol. The third-order valence-corrected chi connectivity index (χ3v) is 3.86. The summed E-state index contributed by atoms with van der Waals surface area (Å²) < 4.78 is 0. The quantitative estimate of drug-likeness (QED) is 0.783. The summed E-state index contributed by atoms with van der Waals surface area (Å²) in [6, 6.07) is 8.74. The first-order valence-electron chi connectivity index (χ1n) is 6.00. The summed E-state index contributed by atoms with van der Waals surface area (Å²) in [6.45, 7) is 4.39. The van der Waals surface area contributed by atoms with Gasteiger partial charge in [0.05, 0.1) is 0 Å². The Bertz CT molecular complexity index is 328. The zero-order chi connectivity index (χ0) is 10.9. The second kappa shape index (κ2) is 3.97. The van der Waals surface area contributed by atoms with Crippen LogP contribution in [0.25, 0.3) is 0 Å². The smallest absolute Gasteiger partial charge is 0.0412 e. The molecule has 82 valence electrons. The maximum absolute atomic E-state index is 6.50. The molecule has 1 nitrogen and oxygen atoms in total. The summed E-state index contributed by atoms with van der Waals surface area (Å²) in [6.07, 6.45) is 4.87. The molecule has 15 heavy (non-hydrogen) atoms. The fraction of sp³-hybridized carbons (Fsp3) is 0.571. The van der Waals surface area contributed by atoms with Gasteiger partial charge in [0.1, 0.15) is 0 Å². The molecule has 2 atom stereocenters. The van der Waals surface area contributed by atoms with Gasteiger partial charge >= 0.3 is 0 Å². The van der Waals surface area contributed by atoms with Crippen LogP contribution in [0.5, 0.6) is 0 Å². The molecule has 1 aliphatic rings. The average Bonchev–Trinajstić information content (AvgIpc) is 2.62. The molecule has 2 unspecified atom stereocenters. The van der Waals surface area contributed by atoms with Crippen molar-refractivity contribution in [2.75, 3.05) is 0 Å². The van der Waals surface area contributed by atoms with E-state index in [4.69, 9.17) is 5.73 Å². The minimum absolute atomic E-state index is 0.0472. The Morgan fingerprint density at radius 2 is 2.00 bits per heavy atom. The first kappa shape index (κ1) is 10.7. The number of rotatable bonds is 2. The molecule has 0 saturated heterocycles. The van der Waals surface area contributed by atoms with Crippen LogP contribution < -0.4 is 5.73 Å². The fourth-order valence-electron chi connectivity index (χ4n) is 2.68. The summed E-state index contributed by atoms with van der Waals surface area (Å²) in [5.74, 6) is 0.830. The number of hydrogen-bond donors (Lipinski definition) is 1. The van der Waals surface area contributed by atoms with Crippen LogP contribution in [0.4, 0.5) is 0 Å². The molecule has 1 saturated carbocycles. The maximum atomic E-state index is 6.50. The van der Waals surface area contributed by atoms with Gasteiger partial charge in [-0.15, -0.1) is 0 Å². The van der Waals surface area contributed by atoms with E-state index in [0.717, 1.165) is 18.8 Å². The van der Waals surface area contributed by atoms with E-state index in [9.17, 15) is 0 Å². The molecule has 2 rings (SSSR count). The van der Waals surface area contributed by atoms with Gasteiger partial charge in [-0.2, -0.15) is 0 Å². The van der Waals surface area contributed by atoms with Crippen molar-refractivity contribution in [1.29, 1.82) is 0 Å². The molecule has 0 spiro atoms. The van der Waals surface area contributed by atoms with Crippen molar-refractivity contribution in [1.82, 2.24) is 0 Å². The van der Waals surface area contributed by atoms with Gasteiger partial charge in [-0.25, -0.2) is 0 Å². The zero-order valence-corrected chi connectivity index (χ0v) is 9.79. The van der Waals surface area contributed by atoms with Crippen LogP contribution in [-0.4, -0.2) is 0 Å². The third kappa shape index (κ3) is 2.07. The molecule has 0 aliphatic heterocycles. The van der Waals surface area contributed by atoms with Crippen molar-refractivity contribution >= 4 is 0 Å². The van der Waals surface area contributed by atoms with E-state index in [1.807, 2.05) is 0 Å².